The highest BCUT2D eigenvalue weighted by molar-refractivity contribution is 7.98. The fraction of sp³-hybridized carbons (Fsp3) is 0.300. The number of hydrogen-bond donors (Lipinski definition) is 1. The van der Waals surface area contributed by atoms with Crippen LogP contribution in [0.5, 0.6) is 0 Å². The highest BCUT2D eigenvalue weighted by atomic mass is 32.2. The van der Waals surface area contributed by atoms with Gasteiger partial charge in [0.2, 0.25) is 5.76 Å². The lowest BCUT2D eigenvalue weighted by atomic mass is 10.2. The Morgan fingerprint density at radius 3 is 2.76 bits per heavy atom. The molecule has 0 radical (unpaired) electrons. The van der Waals surface area contributed by atoms with Crippen molar-refractivity contribution >= 4 is 23.6 Å². The Balaban J connectivity index is 1.43. The van der Waals surface area contributed by atoms with E-state index in [1.165, 1.54) is 18.7 Å². The standard InChI is InChI=1S/C20H22N4O4S/c1-14(18(25)22-10-7-15-5-8-21-9-6-15)27-19(26)17-4-3-16(28-17)13-29-20-23-11-12-24(20)2/h3-6,8-9,11-12,14H,7,10,13H2,1-2H3,(H,22,25). The number of esters is 1. The molecule has 1 unspecified atom stereocenters. The van der Waals surface area contributed by atoms with Crippen molar-refractivity contribution in [1.29, 1.82) is 0 Å². The van der Waals surface area contributed by atoms with E-state index in [4.69, 9.17) is 9.15 Å². The molecule has 0 saturated heterocycles. The summed E-state index contributed by atoms with van der Waals surface area (Å²) in [6.07, 6.45) is 6.73. The smallest absolute Gasteiger partial charge is 0.375 e. The minimum Gasteiger partial charge on any atom is -0.453 e. The summed E-state index contributed by atoms with van der Waals surface area (Å²) in [7, 11) is 1.91. The number of amides is 1. The Bertz CT molecular complexity index is 954. The van der Waals surface area contributed by atoms with Crippen LogP contribution in [0.25, 0.3) is 0 Å². The monoisotopic (exact) mass is 414 g/mol. The number of rotatable bonds is 9. The molecule has 0 fully saturated rings. The number of hydrogen-bond acceptors (Lipinski definition) is 7. The average molecular weight is 414 g/mol. The number of imidazole rings is 1. The van der Waals surface area contributed by atoms with Crippen molar-refractivity contribution in [3.05, 3.63) is 66.1 Å². The lowest BCUT2D eigenvalue weighted by molar-refractivity contribution is -0.129. The lowest BCUT2D eigenvalue weighted by Crippen LogP contribution is -2.36. The number of furan rings is 1. The third-order valence-electron chi connectivity index (χ3n) is 4.10. The van der Waals surface area contributed by atoms with Gasteiger partial charge in [-0.1, -0.05) is 11.8 Å². The van der Waals surface area contributed by atoms with Crippen LogP contribution in [0.4, 0.5) is 0 Å². The molecule has 0 aliphatic carbocycles. The van der Waals surface area contributed by atoms with Crippen LogP contribution in [-0.4, -0.2) is 39.1 Å². The number of aromatic nitrogens is 3. The largest absolute Gasteiger partial charge is 0.453 e. The molecule has 1 amide bonds. The molecule has 3 aromatic rings. The second-order valence-corrected chi connectivity index (χ2v) is 7.26. The average Bonchev–Trinajstić information content (AvgIpc) is 3.36. The first-order valence-corrected chi connectivity index (χ1v) is 10.1. The second-order valence-electron chi connectivity index (χ2n) is 6.32. The van der Waals surface area contributed by atoms with Crippen LogP contribution in [0, 0.1) is 0 Å². The molecule has 8 nitrogen and oxygen atoms in total. The molecule has 1 N–H and O–H groups in total. The maximum absolute atomic E-state index is 12.2. The van der Waals surface area contributed by atoms with E-state index >= 15 is 0 Å². The number of thioether (sulfide) groups is 1. The number of ether oxygens (including phenoxy) is 1. The fourth-order valence-electron chi connectivity index (χ4n) is 2.49. The van der Waals surface area contributed by atoms with Gasteiger partial charge in [-0.2, -0.15) is 0 Å². The maximum atomic E-state index is 12.2. The topological polar surface area (TPSA) is 99.2 Å². The third-order valence-corrected chi connectivity index (χ3v) is 5.18. The molecule has 152 valence electrons. The Hall–Kier alpha value is -3.07. The number of nitrogens with one attached hydrogen (secondary N) is 1. The Morgan fingerprint density at radius 1 is 1.24 bits per heavy atom. The molecule has 1 atom stereocenters. The van der Waals surface area contributed by atoms with Gasteiger partial charge in [0, 0.05) is 38.4 Å². The van der Waals surface area contributed by atoms with E-state index in [0.717, 1.165) is 10.7 Å². The summed E-state index contributed by atoms with van der Waals surface area (Å²) in [5, 5.41) is 3.60. The van der Waals surface area contributed by atoms with Gasteiger partial charge in [0.1, 0.15) is 5.76 Å². The quantitative estimate of drug-likeness (QED) is 0.424. The molecule has 29 heavy (non-hydrogen) atoms. The van der Waals surface area contributed by atoms with Gasteiger partial charge < -0.3 is 19.0 Å². The minimum atomic E-state index is -0.921. The van der Waals surface area contributed by atoms with Gasteiger partial charge in [0.05, 0.1) is 5.75 Å². The van der Waals surface area contributed by atoms with Crippen LogP contribution in [-0.2, 0) is 28.8 Å². The molecule has 3 heterocycles. The Morgan fingerprint density at radius 2 is 2.03 bits per heavy atom. The Labute approximate surface area is 172 Å². The van der Waals surface area contributed by atoms with Crippen LogP contribution in [0.3, 0.4) is 0 Å². The van der Waals surface area contributed by atoms with Gasteiger partial charge in [-0.3, -0.25) is 9.78 Å². The molecule has 0 aliphatic rings. The van der Waals surface area contributed by atoms with Crippen LogP contribution < -0.4 is 5.32 Å². The van der Waals surface area contributed by atoms with Crippen LogP contribution in [0.2, 0.25) is 0 Å². The van der Waals surface area contributed by atoms with Crippen molar-refractivity contribution in [2.24, 2.45) is 7.05 Å². The molecule has 3 rings (SSSR count). The maximum Gasteiger partial charge on any atom is 0.375 e. The number of carbonyl (C=O) groups excluding carboxylic acids is 2. The van der Waals surface area contributed by atoms with E-state index in [-0.39, 0.29) is 11.7 Å². The van der Waals surface area contributed by atoms with Gasteiger partial charge in [0.15, 0.2) is 11.3 Å². The third kappa shape index (κ3) is 5.95. The van der Waals surface area contributed by atoms with Crippen molar-refractivity contribution in [2.75, 3.05) is 6.54 Å². The van der Waals surface area contributed by atoms with Gasteiger partial charge in [-0.05, 0) is 43.2 Å². The first-order chi connectivity index (χ1) is 14.0. The molecule has 3 aromatic heterocycles. The van der Waals surface area contributed by atoms with E-state index in [0.29, 0.717) is 24.5 Å². The number of aryl methyl sites for hydroxylation is 1. The highest BCUT2D eigenvalue weighted by Crippen LogP contribution is 2.22. The van der Waals surface area contributed by atoms with E-state index in [1.807, 2.05) is 29.9 Å². The summed E-state index contributed by atoms with van der Waals surface area (Å²) in [6, 6.07) is 7.03. The first-order valence-electron chi connectivity index (χ1n) is 9.09. The molecule has 0 bridgehead atoms. The van der Waals surface area contributed by atoms with Gasteiger partial charge in [0.25, 0.3) is 5.91 Å². The second kappa shape index (κ2) is 9.92. The van der Waals surface area contributed by atoms with E-state index in [1.54, 1.807) is 30.7 Å². The van der Waals surface area contributed by atoms with Gasteiger partial charge in [-0.15, -0.1) is 0 Å². The summed E-state index contributed by atoms with van der Waals surface area (Å²) in [5.74, 6) is 0.194. The fourth-order valence-corrected chi connectivity index (χ4v) is 3.31. The zero-order chi connectivity index (χ0) is 20.6. The van der Waals surface area contributed by atoms with E-state index < -0.39 is 12.1 Å². The van der Waals surface area contributed by atoms with Crippen LogP contribution in [0.1, 0.15) is 28.8 Å². The molecular formula is C20H22N4O4S. The minimum absolute atomic E-state index is 0.0666. The van der Waals surface area contributed by atoms with Gasteiger partial charge >= 0.3 is 5.97 Å². The number of pyridine rings is 1. The van der Waals surface area contributed by atoms with E-state index in [9.17, 15) is 9.59 Å². The summed E-state index contributed by atoms with van der Waals surface area (Å²) < 4.78 is 12.6. The summed E-state index contributed by atoms with van der Waals surface area (Å²) >= 11 is 1.50. The summed E-state index contributed by atoms with van der Waals surface area (Å²) in [4.78, 5) is 32.5. The zero-order valence-corrected chi connectivity index (χ0v) is 17.0. The normalized spacial score (nSPS) is 11.8. The van der Waals surface area contributed by atoms with Crippen LogP contribution in [0.15, 0.2) is 58.6 Å². The SMILES string of the molecule is CC(OC(=O)c1ccc(CSc2nccn2C)o1)C(=O)NCCc1ccncc1. The summed E-state index contributed by atoms with van der Waals surface area (Å²) in [6.45, 7) is 1.97. The van der Waals surface area contributed by atoms with E-state index in [2.05, 4.69) is 15.3 Å². The molecular weight excluding hydrogens is 392 g/mol. The van der Waals surface area contributed by atoms with Crippen LogP contribution >= 0.6 is 11.8 Å². The number of nitrogens with zero attached hydrogens (tertiary/aromatic N) is 3. The van der Waals surface area contributed by atoms with Gasteiger partial charge in [-0.25, -0.2) is 9.78 Å². The van der Waals surface area contributed by atoms with Crippen molar-refractivity contribution in [3.63, 3.8) is 0 Å². The molecule has 0 aliphatic heterocycles. The highest BCUT2D eigenvalue weighted by Gasteiger charge is 2.21. The predicted molar refractivity (Wildman–Crippen MR) is 107 cm³/mol. The molecule has 0 saturated carbocycles. The van der Waals surface area contributed by atoms with Crippen molar-refractivity contribution in [2.45, 2.75) is 30.4 Å². The first kappa shape index (κ1) is 20.7. The van der Waals surface area contributed by atoms with Crippen molar-refractivity contribution in [1.82, 2.24) is 19.9 Å². The molecule has 0 aromatic carbocycles. The zero-order valence-electron chi connectivity index (χ0n) is 16.2. The lowest BCUT2D eigenvalue weighted by Gasteiger charge is -2.12. The number of carbonyl (C=O) groups is 2. The molecule has 0 spiro atoms. The van der Waals surface area contributed by atoms with Crippen molar-refractivity contribution in [3.8, 4) is 0 Å². The predicted octanol–water partition coefficient (Wildman–Crippen LogP) is 2.60. The molecule has 9 heteroatoms. The Kier molecular flexibility index (Phi) is 7.07. The summed E-state index contributed by atoms with van der Waals surface area (Å²) in [5.41, 5.74) is 1.07. The van der Waals surface area contributed by atoms with Crippen molar-refractivity contribution < 1.29 is 18.7 Å².